The van der Waals surface area contributed by atoms with Gasteiger partial charge in [-0.05, 0) is 34.9 Å². The van der Waals surface area contributed by atoms with Crippen LogP contribution in [0.3, 0.4) is 0 Å². The van der Waals surface area contributed by atoms with Crippen LogP contribution in [-0.4, -0.2) is 11.2 Å². The van der Waals surface area contributed by atoms with Gasteiger partial charge in [0.25, 0.3) is 0 Å². The molecule has 1 N–H and O–H groups in total. The highest BCUT2D eigenvalue weighted by Crippen LogP contribution is 2.29. The van der Waals surface area contributed by atoms with Gasteiger partial charge in [-0.2, -0.15) is 0 Å². The maximum Gasteiger partial charge on any atom is 0.166 e. The summed E-state index contributed by atoms with van der Waals surface area (Å²) in [5, 5.41) is 11.4. The first-order chi connectivity index (χ1) is 11.5. The second kappa shape index (κ2) is 6.43. The molecule has 0 amide bonds. The fraction of sp³-hybridized carbons (Fsp3) is 0.143. The Morgan fingerprint density at radius 1 is 1.00 bits per heavy atom. The number of aryl methyl sites for hydroxylation is 1. The van der Waals surface area contributed by atoms with Gasteiger partial charge in [-0.1, -0.05) is 53.9 Å². The van der Waals surface area contributed by atoms with E-state index in [4.69, 9.17) is 6.42 Å². The van der Waals surface area contributed by atoms with Crippen molar-refractivity contribution in [1.29, 1.82) is 0 Å². The highest BCUT2D eigenvalue weighted by molar-refractivity contribution is 5.88. The van der Waals surface area contributed by atoms with Crippen LogP contribution in [0.2, 0.25) is 0 Å². The topological polar surface area (TPSA) is 20.2 Å². The first kappa shape index (κ1) is 16.2. The number of aliphatic hydroxyl groups excluding tert-OH is 1. The van der Waals surface area contributed by atoms with Gasteiger partial charge in [0.05, 0.1) is 0 Å². The number of hydrogen-bond acceptors (Lipinski definition) is 1. The van der Waals surface area contributed by atoms with Gasteiger partial charge in [0.1, 0.15) is 6.10 Å². The number of halogens is 2. The Morgan fingerprint density at radius 3 is 2.46 bits per heavy atom. The van der Waals surface area contributed by atoms with Crippen LogP contribution in [0.15, 0.2) is 48.5 Å². The predicted molar refractivity (Wildman–Crippen MR) is 92.6 cm³/mol. The number of benzene rings is 3. The zero-order valence-corrected chi connectivity index (χ0v) is 13.2. The largest absolute Gasteiger partial charge is 0.380 e. The van der Waals surface area contributed by atoms with E-state index in [2.05, 4.69) is 5.92 Å². The van der Waals surface area contributed by atoms with Crippen molar-refractivity contribution in [1.82, 2.24) is 0 Å². The molecule has 3 rings (SSSR count). The average Bonchev–Trinajstić information content (AvgIpc) is 2.58. The second-order valence-electron chi connectivity index (χ2n) is 5.85. The van der Waals surface area contributed by atoms with Gasteiger partial charge in [0, 0.05) is 12.0 Å². The first-order valence-electron chi connectivity index (χ1n) is 7.61. The van der Waals surface area contributed by atoms with E-state index in [1.807, 2.05) is 37.3 Å². The number of aliphatic hydroxyl groups is 1. The Morgan fingerprint density at radius 2 is 1.71 bits per heavy atom. The molecule has 0 spiro atoms. The van der Waals surface area contributed by atoms with Gasteiger partial charge in [-0.3, -0.25) is 0 Å². The van der Waals surface area contributed by atoms with Gasteiger partial charge in [-0.15, -0.1) is 6.42 Å². The lowest BCUT2D eigenvalue weighted by Gasteiger charge is -2.11. The third-order valence-electron chi connectivity index (χ3n) is 4.07. The molecule has 3 aromatic carbocycles. The fourth-order valence-corrected chi connectivity index (χ4v) is 2.77. The Hall–Kier alpha value is -2.70. The molecule has 0 aliphatic heterocycles. The number of hydrogen-bond donors (Lipinski definition) is 1. The van der Waals surface area contributed by atoms with E-state index in [1.54, 1.807) is 6.07 Å². The summed E-state index contributed by atoms with van der Waals surface area (Å²) in [7, 11) is 0. The van der Waals surface area contributed by atoms with Crippen LogP contribution in [0.4, 0.5) is 8.78 Å². The van der Waals surface area contributed by atoms with Crippen molar-refractivity contribution >= 4 is 10.8 Å². The molecule has 1 nitrogen and oxygen atoms in total. The minimum Gasteiger partial charge on any atom is -0.380 e. The highest BCUT2D eigenvalue weighted by atomic mass is 19.2. The maximum atomic E-state index is 14.5. The van der Waals surface area contributed by atoms with Crippen LogP contribution >= 0.6 is 0 Å². The van der Waals surface area contributed by atoms with E-state index < -0.39 is 17.7 Å². The third kappa shape index (κ3) is 3.02. The molecule has 3 aromatic rings. The lowest BCUT2D eigenvalue weighted by atomic mass is 9.97. The Balaban J connectivity index is 2.05. The van der Waals surface area contributed by atoms with Gasteiger partial charge >= 0.3 is 0 Å². The minimum atomic E-state index is -1.13. The SMILES string of the molecule is C#CC(O)Cc1ccc(-c2ccc3cc(C)ccc3c2)c(F)c1F. The average molecular weight is 322 g/mol. The summed E-state index contributed by atoms with van der Waals surface area (Å²) in [5.74, 6) is 0.203. The van der Waals surface area contributed by atoms with Crippen molar-refractivity contribution in [3.05, 3.63) is 71.3 Å². The van der Waals surface area contributed by atoms with Crippen molar-refractivity contribution in [3.8, 4) is 23.5 Å². The van der Waals surface area contributed by atoms with Crippen LogP contribution in [0.1, 0.15) is 11.1 Å². The van der Waals surface area contributed by atoms with Crippen molar-refractivity contribution in [2.75, 3.05) is 0 Å². The van der Waals surface area contributed by atoms with E-state index >= 15 is 0 Å². The molecule has 0 radical (unpaired) electrons. The lowest BCUT2D eigenvalue weighted by molar-refractivity contribution is 0.231. The molecule has 0 saturated carbocycles. The van der Waals surface area contributed by atoms with E-state index in [1.165, 1.54) is 12.1 Å². The zero-order valence-electron chi connectivity index (χ0n) is 13.2. The van der Waals surface area contributed by atoms with Crippen LogP contribution in [0.25, 0.3) is 21.9 Å². The molecule has 1 atom stereocenters. The van der Waals surface area contributed by atoms with Crippen molar-refractivity contribution in [2.24, 2.45) is 0 Å². The Kier molecular flexibility index (Phi) is 4.33. The number of terminal acetylenes is 1. The molecular weight excluding hydrogens is 306 g/mol. The Bertz CT molecular complexity index is 954. The fourth-order valence-electron chi connectivity index (χ4n) is 2.77. The van der Waals surface area contributed by atoms with Crippen molar-refractivity contribution in [2.45, 2.75) is 19.4 Å². The quantitative estimate of drug-likeness (QED) is 0.697. The molecule has 24 heavy (non-hydrogen) atoms. The summed E-state index contributed by atoms with van der Waals surface area (Å²) in [5.41, 5.74) is 2.00. The molecule has 0 saturated heterocycles. The molecule has 0 bridgehead atoms. The van der Waals surface area contributed by atoms with Gasteiger partial charge in [-0.25, -0.2) is 8.78 Å². The minimum absolute atomic E-state index is 0.0677. The summed E-state index contributed by atoms with van der Waals surface area (Å²) in [6.45, 7) is 2.01. The standard InChI is InChI=1S/C21H16F2O/c1-3-18(24)12-17-8-9-19(21(23)20(17)22)16-7-6-14-10-13(2)4-5-15(14)11-16/h1,4-11,18,24H,12H2,2H3. The van der Waals surface area contributed by atoms with E-state index in [0.717, 1.165) is 16.3 Å². The summed E-state index contributed by atoms with van der Waals surface area (Å²) >= 11 is 0. The predicted octanol–water partition coefficient (Wildman–Crippen LogP) is 4.63. The molecule has 0 aromatic heterocycles. The van der Waals surface area contributed by atoms with Crippen LogP contribution in [0.5, 0.6) is 0 Å². The molecule has 0 aliphatic rings. The summed E-state index contributed by atoms with van der Waals surface area (Å²) in [6, 6.07) is 14.5. The molecule has 3 heteroatoms. The van der Waals surface area contributed by atoms with E-state index in [0.29, 0.717) is 5.56 Å². The summed E-state index contributed by atoms with van der Waals surface area (Å²) < 4.78 is 28.7. The zero-order chi connectivity index (χ0) is 17.3. The van der Waals surface area contributed by atoms with Crippen LogP contribution < -0.4 is 0 Å². The van der Waals surface area contributed by atoms with Crippen LogP contribution in [0, 0.1) is 30.9 Å². The van der Waals surface area contributed by atoms with Gasteiger partial charge < -0.3 is 5.11 Å². The normalized spacial score (nSPS) is 12.1. The molecule has 120 valence electrons. The maximum absolute atomic E-state index is 14.5. The molecule has 1 unspecified atom stereocenters. The third-order valence-corrected chi connectivity index (χ3v) is 4.07. The molecule has 0 heterocycles. The molecular formula is C21H16F2O. The monoisotopic (exact) mass is 322 g/mol. The van der Waals surface area contributed by atoms with Gasteiger partial charge in [0.2, 0.25) is 0 Å². The molecule has 0 aliphatic carbocycles. The summed E-state index contributed by atoms with van der Waals surface area (Å²) in [6.07, 6.45) is 3.83. The van der Waals surface area contributed by atoms with E-state index in [-0.39, 0.29) is 17.5 Å². The van der Waals surface area contributed by atoms with Crippen molar-refractivity contribution < 1.29 is 13.9 Å². The molecule has 0 fully saturated rings. The smallest absolute Gasteiger partial charge is 0.166 e. The lowest BCUT2D eigenvalue weighted by Crippen LogP contribution is -2.09. The Labute approximate surface area is 139 Å². The highest BCUT2D eigenvalue weighted by Gasteiger charge is 2.16. The van der Waals surface area contributed by atoms with Crippen LogP contribution in [-0.2, 0) is 6.42 Å². The van der Waals surface area contributed by atoms with Gasteiger partial charge in [0.15, 0.2) is 11.6 Å². The van der Waals surface area contributed by atoms with Crippen molar-refractivity contribution in [3.63, 3.8) is 0 Å². The second-order valence-corrected chi connectivity index (χ2v) is 5.85. The van der Waals surface area contributed by atoms with E-state index in [9.17, 15) is 13.9 Å². The number of rotatable bonds is 3. The first-order valence-corrected chi connectivity index (χ1v) is 7.61. The number of fused-ring (bicyclic) bond motifs is 1. The summed E-state index contributed by atoms with van der Waals surface area (Å²) in [4.78, 5) is 0.